The number of halogens is 1. The highest BCUT2D eigenvalue weighted by Crippen LogP contribution is 2.26. The van der Waals surface area contributed by atoms with E-state index in [1.807, 2.05) is 6.07 Å². The van der Waals surface area contributed by atoms with E-state index in [0.717, 1.165) is 30.4 Å². The molecule has 0 bridgehead atoms. The van der Waals surface area contributed by atoms with Gasteiger partial charge in [0.05, 0.1) is 6.61 Å². The van der Waals surface area contributed by atoms with E-state index < -0.39 is 0 Å². The van der Waals surface area contributed by atoms with Crippen LogP contribution in [0.1, 0.15) is 64.9 Å². The van der Waals surface area contributed by atoms with Crippen molar-refractivity contribution in [3.8, 4) is 16.9 Å². The van der Waals surface area contributed by atoms with Crippen molar-refractivity contribution in [3.05, 3.63) is 53.8 Å². The molecule has 0 saturated carbocycles. The fourth-order valence-corrected chi connectivity index (χ4v) is 3.07. The van der Waals surface area contributed by atoms with Crippen LogP contribution in [0, 0.1) is 11.7 Å². The van der Waals surface area contributed by atoms with Crippen molar-refractivity contribution in [1.82, 2.24) is 0 Å². The zero-order chi connectivity index (χ0) is 18.8. The molecule has 0 spiro atoms. The van der Waals surface area contributed by atoms with Crippen molar-refractivity contribution >= 4 is 0 Å². The Balaban J connectivity index is 1.91. The summed E-state index contributed by atoms with van der Waals surface area (Å²) in [4.78, 5) is 0. The van der Waals surface area contributed by atoms with Crippen molar-refractivity contribution in [2.75, 3.05) is 6.61 Å². The van der Waals surface area contributed by atoms with Crippen LogP contribution in [-0.4, -0.2) is 6.61 Å². The van der Waals surface area contributed by atoms with Gasteiger partial charge >= 0.3 is 0 Å². The molecule has 0 aromatic heterocycles. The van der Waals surface area contributed by atoms with Gasteiger partial charge in [-0.1, -0.05) is 83.2 Å². The Kier molecular flexibility index (Phi) is 8.67. The van der Waals surface area contributed by atoms with Crippen LogP contribution in [-0.2, 0) is 6.42 Å². The average Bonchev–Trinajstić information content (AvgIpc) is 2.66. The predicted molar refractivity (Wildman–Crippen MR) is 109 cm³/mol. The Morgan fingerprint density at radius 1 is 0.885 bits per heavy atom. The quantitative estimate of drug-likeness (QED) is 0.380. The van der Waals surface area contributed by atoms with Gasteiger partial charge < -0.3 is 4.74 Å². The number of hydrogen-bond donors (Lipinski definition) is 0. The van der Waals surface area contributed by atoms with Crippen molar-refractivity contribution in [1.29, 1.82) is 0 Å². The minimum atomic E-state index is -0.278. The minimum absolute atomic E-state index is 0.278. The first-order valence-corrected chi connectivity index (χ1v) is 10.2. The molecule has 2 rings (SSSR count). The number of rotatable bonds is 11. The van der Waals surface area contributed by atoms with E-state index in [1.54, 1.807) is 12.1 Å². The lowest BCUT2D eigenvalue weighted by Gasteiger charge is -2.11. The van der Waals surface area contributed by atoms with Crippen molar-refractivity contribution in [2.24, 2.45) is 5.92 Å². The van der Waals surface area contributed by atoms with Crippen LogP contribution in [0.3, 0.4) is 0 Å². The first-order chi connectivity index (χ1) is 12.6. The molecule has 2 aromatic carbocycles. The fourth-order valence-electron chi connectivity index (χ4n) is 3.07. The first-order valence-electron chi connectivity index (χ1n) is 10.2. The third-order valence-corrected chi connectivity index (χ3v) is 5.01. The topological polar surface area (TPSA) is 9.23 Å². The van der Waals surface area contributed by atoms with Crippen LogP contribution in [0.5, 0.6) is 5.75 Å². The van der Waals surface area contributed by atoms with Gasteiger partial charge in [-0.15, -0.1) is 0 Å². The monoisotopic (exact) mass is 356 g/mol. The molecule has 0 aliphatic carbocycles. The SMILES string of the molecule is CCCCCCCOc1ccc(-c2ccc(CC(C)CC)cc2)cc1F. The van der Waals surface area contributed by atoms with Gasteiger partial charge in [0.15, 0.2) is 11.6 Å². The van der Waals surface area contributed by atoms with Crippen LogP contribution in [0.2, 0.25) is 0 Å². The normalized spacial score (nSPS) is 12.2. The maximum Gasteiger partial charge on any atom is 0.165 e. The molecular formula is C24H33FO. The Hall–Kier alpha value is -1.83. The molecule has 0 saturated heterocycles. The van der Waals surface area contributed by atoms with Gasteiger partial charge in [-0.25, -0.2) is 4.39 Å². The molecule has 0 N–H and O–H groups in total. The Bertz CT molecular complexity index is 648. The van der Waals surface area contributed by atoms with Gasteiger partial charge in [-0.05, 0) is 47.6 Å². The predicted octanol–water partition coefficient (Wildman–Crippen LogP) is 7.43. The van der Waals surface area contributed by atoms with Crippen molar-refractivity contribution in [3.63, 3.8) is 0 Å². The summed E-state index contributed by atoms with van der Waals surface area (Å²) in [6.07, 6.45) is 8.14. The third kappa shape index (κ3) is 6.48. The van der Waals surface area contributed by atoms with Gasteiger partial charge in [0.1, 0.15) is 0 Å². The largest absolute Gasteiger partial charge is 0.491 e. The van der Waals surface area contributed by atoms with E-state index in [2.05, 4.69) is 45.0 Å². The molecule has 2 heteroatoms. The second-order valence-corrected chi connectivity index (χ2v) is 7.32. The van der Waals surface area contributed by atoms with E-state index in [-0.39, 0.29) is 5.82 Å². The molecule has 0 amide bonds. The summed E-state index contributed by atoms with van der Waals surface area (Å²) in [6.45, 7) is 7.28. The molecule has 142 valence electrons. The van der Waals surface area contributed by atoms with Crippen molar-refractivity contribution < 1.29 is 9.13 Å². The van der Waals surface area contributed by atoms with E-state index >= 15 is 0 Å². The summed E-state index contributed by atoms with van der Waals surface area (Å²) in [5.74, 6) is 0.772. The Morgan fingerprint density at radius 3 is 2.23 bits per heavy atom. The highest BCUT2D eigenvalue weighted by atomic mass is 19.1. The summed E-state index contributed by atoms with van der Waals surface area (Å²) in [7, 11) is 0. The maximum atomic E-state index is 14.3. The maximum absolute atomic E-state index is 14.3. The molecule has 0 fully saturated rings. The number of hydrogen-bond acceptors (Lipinski definition) is 1. The lowest BCUT2D eigenvalue weighted by Crippen LogP contribution is -1.99. The van der Waals surface area contributed by atoms with Gasteiger partial charge in [-0.2, -0.15) is 0 Å². The summed E-state index contributed by atoms with van der Waals surface area (Å²) in [5, 5.41) is 0. The lowest BCUT2D eigenvalue weighted by atomic mass is 9.97. The van der Waals surface area contributed by atoms with Crippen molar-refractivity contribution in [2.45, 2.75) is 65.7 Å². The van der Waals surface area contributed by atoms with E-state index in [1.165, 1.54) is 31.2 Å². The van der Waals surface area contributed by atoms with E-state index in [9.17, 15) is 4.39 Å². The highest BCUT2D eigenvalue weighted by Gasteiger charge is 2.07. The molecule has 1 unspecified atom stereocenters. The minimum Gasteiger partial charge on any atom is -0.491 e. The molecule has 0 radical (unpaired) electrons. The molecule has 2 aromatic rings. The van der Waals surface area contributed by atoms with Gasteiger partial charge in [0.2, 0.25) is 0 Å². The summed E-state index contributed by atoms with van der Waals surface area (Å²) < 4.78 is 19.9. The van der Waals surface area contributed by atoms with Crippen LogP contribution in [0.25, 0.3) is 11.1 Å². The fraction of sp³-hybridized carbons (Fsp3) is 0.500. The third-order valence-electron chi connectivity index (χ3n) is 5.01. The molecular weight excluding hydrogens is 323 g/mol. The van der Waals surface area contributed by atoms with Crippen LogP contribution < -0.4 is 4.74 Å². The molecule has 1 nitrogen and oxygen atoms in total. The number of ether oxygens (including phenoxy) is 1. The van der Waals surface area contributed by atoms with Crippen LogP contribution in [0.15, 0.2) is 42.5 Å². The second-order valence-electron chi connectivity index (χ2n) is 7.32. The van der Waals surface area contributed by atoms with Crippen LogP contribution in [0.4, 0.5) is 4.39 Å². The summed E-state index contributed by atoms with van der Waals surface area (Å²) in [6, 6.07) is 13.8. The van der Waals surface area contributed by atoms with E-state index in [4.69, 9.17) is 4.74 Å². The van der Waals surface area contributed by atoms with Gasteiger partial charge in [-0.3, -0.25) is 0 Å². The smallest absolute Gasteiger partial charge is 0.165 e. The Labute approximate surface area is 158 Å². The summed E-state index contributed by atoms with van der Waals surface area (Å²) >= 11 is 0. The molecule has 0 aliphatic rings. The number of unbranched alkanes of at least 4 members (excludes halogenated alkanes) is 4. The molecule has 26 heavy (non-hydrogen) atoms. The highest BCUT2D eigenvalue weighted by molar-refractivity contribution is 5.64. The lowest BCUT2D eigenvalue weighted by molar-refractivity contribution is 0.290. The Morgan fingerprint density at radius 2 is 1.58 bits per heavy atom. The van der Waals surface area contributed by atoms with Crippen LogP contribution >= 0.6 is 0 Å². The molecule has 0 aliphatic heterocycles. The molecule has 0 heterocycles. The van der Waals surface area contributed by atoms with Gasteiger partial charge in [0, 0.05) is 0 Å². The second kappa shape index (κ2) is 11.0. The van der Waals surface area contributed by atoms with Gasteiger partial charge in [0.25, 0.3) is 0 Å². The zero-order valence-corrected chi connectivity index (χ0v) is 16.6. The summed E-state index contributed by atoms with van der Waals surface area (Å²) in [5.41, 5.74) is 3.28. The zero-order valence-electron chi connectivity index (χ0n) is 16.6. The molecule has 1 atom stereocenters. The number of benzene rings is 2. The first kappa shape index (κ1) is 20.5. The standard InChI is InChI=1S/C24H33FO/c1-4-6-7-8-9-16-26-24-15-14-22(18-23(24)25)21-12-10-20(11-13-21)17-19(3)5-2/h10-15,18-19H,4-9,16-17H2,1-3H3. The van der Waals surface area contributed by atoms with E-state index in [0.29, 0.717) is 18.3 Å². The average molecular weight is 357 g/mol.